The van der Waals surface area contributed by atoms with Crippen LogP contribution in [0.25, 0.3) is 10.9 Å². The molecule has 0 saturated carbocycles. The number of H-pyrrole nitrogens is 2. The monoisotopic (exact) mass is 324 g/mol. The molecule has 3 heterocycles. The molecule has 1 saturated heterocycles. The Morgan fingerprint density at radius 2 is 2.29 bits per heavy atom. The first-order valence-corrected chi connectivity index (χ1v) is 8.16. The zero-order valence-electron chi connectivity index (χ0n) is 13.6. The van der Waals surface area contributed by atoms with Crippen LogP contribution < -0.4 is 5.56 Å². The van der Waals surface area contributed by atoms with Gasteiger partial charge in [-0.15, -0.1) is 0 Å². The number of ether oxygens (including phenoxy) is 1. The fourth-order valence-electron chi connectivity index (χ4n) is 3.32. The fraction of sp³-hybridized carbons (Fsp3) is 0.333. The third kappa shape index (κ3) is 2.98. The Hall–Kier alpha value is -2.44. The molecule has 24 heavy (non-hydrogen) atoms. The van der Waals surface area contributed by atoms with Crippen molar-refractivity contribution >= 4 is 10.9 Å². The second-order valence-electron chi connectivity index (χ2n) is 6.21. The summed E-state index contributed by atoms with van der Waals surface area (Å²) in [4.78, 5) is 24.4. The minimum Gasteiger partial charge on any atom is -0.369 e. The van der Waals surface area contributed by atoms with Crippen molar-refractivity contribution in [1.29, 1.82) is 0 Å². The molecule has 1 atom stereocenters. The van der Waals surface area contributed by atoms with Gasteiger partial charge in [0.25, 0.3) is 5.56 Å². The topological polar surface area (TPSA) is 74.0 Å². The van der Waals surface area contributed by atoms with E-state index >= 15 is 0 Å². The van der Waals surface area contributed by atoms with Crippen LogP contribution in [0.2, 0.25) is 0 Å². The molecule has 2 N–H and O–H groups in total. The van der Waals surface area contributed by atoms with E-state index in [-0.39, 0.29) is 11.7 Å². The van der Waals surface area contributed by atoms with Gasteiger partial charge in [0.05, 0.1) is 12.3 Å². The summed E-state index contributed by atoms with van der Waals surface area (Å²) in [6.07, 6.45) is 1.81. The number of rotatable bonds is 3. The van der Waals surface area contributed by atoms with E-state index in [1.807, 2.05) is 6.20 Å². The maximum absolute atomic E-state index is 11.7. The Balaban J connectivity index is 1.54. The minimum atomic E-state index is -0.162. The van der Waals surface area contributed by atoms with Crippen LogP contribution in [0, 0.1) is 6.92 Å². The summed E-state index contributed by atoms with van der Waals surface area (Å²) in [7, 11) is 0. The van der Waals surface area contributed by atoms with E-state index in [0.717, 1.165) is 25.2 Å². The minimum absolute atomic E-state index is 0.129. The maximum Gasteiger partial charge on any atom is 0.251 e. The summed E-state index contributed by atoms with van der Waals surface area (Å²) in [5.41, 5.74) is 3.03. The van der Waals surface area contributed by atoms with Crippen LogP contribution in [0.15, 0.2) is 41.3 Å². The number of fused-ring (bicyclic) bond motifs is 1. The van der Waals surface area contributed by atoms with Gasteiger partial charge in [-0.05, 0) is 24.6 Å². The number of hydrogen-bond acceptors (Lipinski definition) is 4. The number of aromatic nitrogens is 3. The predicted octanol–water partition coefficient (Wildman–Crippen LogP) is 2.13. The molecule has 0 amide bonds. The molecule has 1 aliphatic heterocycles. The lowest BCUT2D eigenvalue weighted by Gasteiger charge is -2.32. The zero-order chi connectivity index (χ0) is 16.5. The lowest BCUT2D eigenvalue weighted by molar-refractivity contribution is -0.0350. The number of morpholine rings is 1. The number of hydrogen-bond donors (Lipinski definition) is 2. The molecule has 0 radical (unpaired) electrons. The molecule has 2 aromatic heterocycles. The van der Waals surface area contributed by atoms with Gasteiger partial charge in [0.15, 0.2) is 0 Å². The average Bonchev–Trinajstić information content (AvgIpc) is 3.04. The van der Waals surface area contributed by atoms with Gasteiger partial charge in [-0.25, -0.2) is 4.98 Å². The summed E-state index contributed by atoms with van der Waals surface area (Å²) >= 11 is 0. The van der Waals surface area contributed by atoms with E-state index in [1.165, 1.54) is 17.0 Å². The molecule has 0 spiro atoms. The Kier molecular flexibility index (Phi) is 3.92. The Bertz CT molecular complexity index is 915. The highest BCUT2D eigenvalue weighted by Crippen LogP contribution is 2.24. The van der Waals surface area contributed by atoms with Crippen LogP contribution in [0.4, 0.5) is 0 Å². The second kappa shape index (κ2) is 6.22. The zero-order valence-corrected chi connectivity index (χ0v) is 13.6. The molecule has 3 aromatic rings. The van der Waals surface area contributed by atoms with Crippen LogP contribution in [-0.4, -0.2) is 39.5 Å². The average molecular weight is 324 g/mol. The number of aryl methyl sites for hydroxylation is 1. The van der Waals surface area contributed by atoms with E-state index in [4.69, 9.17) is 4.74 Å². The smallest absolute Gasteiger partial charge is 0.251 e. The first-order chi connectivity index (χ1) is 11.7. The van der Waals surface area contributed by atoms with Crippen molar-refractivity contribution < 1.29 is 4.74 Å². The highest BCUT2D eigenvalue weighted by Gasteiger charge is 2.24. The van der Waals surface area contributed by atoms with Gasteiger partial charge in [-0.1, -0.05) is 12.1 Å². The fourth-order valence-corrected chi connectivity index (χ4v) is 3.32. The van der Waals surface area contributed by atoms with Gasteiger partial charge in [0.2, 0.25) is 0 Å². The van der Waals surface area contributed by atoms with Gasteiger partial charge >= 0.3 is 0 Å². The molecule has 0 bridgehead atoms. The molecule has 6 nitrogen and oxygen atoms in total. The van der Waals surface area contributed by atoms with E-state index in [9.17, 15) is 4.79 Å². The quantitative estimate of drug-likeness (QED) is 0.774. The molecule has 1 aliphatic rings. The molecule has 124 valence electrons. The molecule has 1 aromatic carbocycles. The summed E-state index contributed by atoms with van der Waals surface area (Å²) < 4.78 is 5.85. The summed E-state index contributed by atoms with van der Waals surface area (Å²) in [6.45, 7) is 4.90. The van der Waals surface area contributed by atoms with Crippen molar-refractivity contribution in [3.05, 3.63) is 64.0 Å². The van der Waals surface area contributed by atoms with E-state index in [2.05, 4.69) is 44.1 Å². The van der Waals surface area contributed by atoms with Gasteiger partial charge in [0.1, 0.15) is 11.9 Å². The van der Waals surface area contributed by atoms with Crippen molar-refractivity contribution in [3.8, 4) is 0 Å². The van der Waals surface area contributed by atoms with Crippen molar-refractivity contribution in [2.45, 2.75) is 19.6 Å². The van der Waals surface area contributed by atoms with Crippen molar-refractivity contribution in [1.82, 2.24) is 19.9 Å². The van der Waals surface area contributed by atoms with Crippen LogP contribution in [0.1, 0.15) is 23.2 Å². The first kappa shape index (κ1) is 15.1. The maximum atomic E-state index is 11.7. The second-order valence-corrected chi connectivity index (χ2v) is 6.21. The predicted molar refractivity (Wildman–Crippen MR) is 91.9 cm³/mol. The van der Waals surface area contributed by atoms with Crippen LogP contribution in [-0.2, 0) is 11.3 Å². The summed E-state index contributed by atoms with van der Waals surface area (Å²) in [5, 5.41) is 1.26. The number of nitrogens with one attached hydrogen (secondary N) is 2. The first-order valence-electron chi connectivity index (χ1n) is 8.16. The van der Waals surface area contributed by atoms with Crippen LogP contribution >= 0.6 is 0 Å². The van der Waals surface area contributed by atoms with Crippen LogP contribution in [0.5, 0.6) is 0 Å². The normalized spacial score (nSPS) is 19.0. The van der Waals surface area contributed by atoms with Crippen molar-refractivity contribution in [2.24, 2.45) is 0 Å². The van der Waals surface area contributed by atoms with Crippen molar-refractivity contribution in [3.63, 3.8) is 0 Å². The highest BCUT2D eigenvalue weighted by atomic mass is 16.5. The SMILES string of the molecule is Cc1nc(C2CN(Cc3cccc4[nH]ccc34)CCO2)cc(=O)[nH]1. The third-order valence-electron chi connectivity index (χ3n) is 4.44. The molecule has 4 rings (SSSR count). The third-order valence-corrected chi connectivity index (χ3v) is 4.44. The van der Waals surface area contributed by atoms with Gasteiger partial charge in [-0.3, -0.25) is 9.69 Å². The Morgan fingerprint density at radius 1 is 1.38 bits per heavy atom. The summed E-state index contributed by atoms with van der Waals surface area (Å²) in [6, 6.07) is 9.98. The largest absolute Gasteiger partial charge is 0.369 e. The number of nitrogens with zero attached hydrogens (tertiary/aromatic N) is 2. The van der Waals surface area contributed by atoms with Gasteiger partial charge < -0.3 is 14.7 Å². The molecule has 1 fully saturated rings. The van der Waals surface area contributed by atoms with Gasteiger partial charge in [-0.2, -0.15) is 0 Å². The standard InChI is InChI=1S/C18H20N4O2/c1-12-20-16(9-18(23)21-12)17-11-22(7-8-24-17)10-13-3-2-4-15-14(13)5-6-19-15/h2-6,9,17,19H,7-8,10-11H2,1H3,(H,20,21,23). The molecular weight excluding hydrogens is 304 g/mol. The lowest BCUT2D eigenvalue weighted by atomic mass is 10.1. The Labute approximate surface area is 139 Å². The molecule has 0 aliphatic carbocycles. The molecule has 1 unspecified atom stereocenters. The lowest BCUT2D eigenvalue weighted by Crippen LogP contribution is -2.38. The highest BCUT2D eigenvalue weighted by molar-refractivity contribution is 5.82. The van der Waals surface area contributed by atoms with E-state index < -0.39 is 0 Å². The van der Waals surface area contributed by atoms with E-state index in [1.54, 1.807) is 6.92 Å². The Morgan fingerprint density at radius 3 is 3.17 bits per heavy atom. The van der Waals surface area contributed by atoms with Crippen molar-refractivity contribution in [2.75, 3.05) is 19.7 Å². The number of aromatic amines is 2. The molecule has 6 heteroatoms. The number of benzene rings is 1. The van der Waals surface area contributed by atoms with E-state index in [0.29, 0.717) is 18.1 Å². The van der Waals surface area contributed by atoms with Crippen LogP contribution in [0.3, 0.4) is 0 Å². The summed E-state index contributed by atoms with van der Waals surface area (Å²) in [5.74, 6) is 0.621. The van der Waals surface area contributed by atoms with Gasteiger partial charge in [0, 0.05) is 42.8 Å². The molecular formula is C18H20N4O2.